The summed E-state index contributed by atoms with van der Waals surface area (Å²) < 4.78 is 8.70. The largest absolute Gasteiger partial charge is 0.423 e. The van der Waals surface area contributed by atoms with Gasteiger partial charge in [-0.15, -0.1) is 10.2 Å². The first-order chi connectivity index (χ1) is 17.5. The van der Waals surface area contributed by atoms with E-state index in [0.717, 1.165) is 5.56 Å². The van der Waals surface area contributed by atoms with Gasteiger partial charge in [-0.25, -0.2) is 14.5 Å². The molecule has 1 fully saturated rings. The number of aromatic nitrogens is 8. The van der Waals surface area contributed by atoms with Gasteiger partial charge in [-0.3, -0.25) is 14.6 Å². The number of hydrogen-bond acceptors (Lipinski definition) is 9. The molecule has 0 bridgehead atoms. The summed E-state index contributed by atoms with van der Waals surface area (Å²) in [5.74, 6) is 0.515. The molecular weight excluding hydrogens is 488 g/mol. The maximum absolute atomic E-state index is 13.2. The van der Waals surface area contributed by atoms with Crippen LogP contribution >= 0.6 is 11.6 Å². The van der Waals surface area contributed by atoms with Gasteiger partial charge >= 0.3 is 0 Å². The number of anilines is 1. The number of rotatable bonds is 4. The van der Waals surface area contributed by atoms with Crippen LogP contribution < -0.4 is 10.5 Å². The summed E-state index contributed by atoms with van der Waals surface area (Å²) in [5, 5.41) is 12.9. The lowest BCUT2D eigenvalue weighted by molar-refractivity contribution is 0.0738. The monoisotopic (exact) mass is 506 g/mol. The number of nitrogens with zero attached hydrogens (tertiary/aromatic N) is 9. The number of nitrogens with one attached hydrogen (secondary N) is 1. The van der Waals surface area contributed by atoms with Crippen LogP contribution in [-0.4, -0.2) is 76.5 Å². The first-order valence-electron chi connectivity index (χ1n) is 11.1. The van der Waals surface area contributed by atoms with E-state index in [9.17, 15) is 9.59 Å². The average Bonchev–Trinajstić information content (AvgIpc) is 3.64. The van der Waals surface area contributed by atoms with Crippen LogP contribution in [0.3, 0.4) is 0 Å². The minimum absolute atomic E-state index is 0.174. The number of hydrogen-bond donors (Lipinski definition) is 1. The molecule has 0 atom stereocenters. The second-order valence-corrected chi connectivity index (χ2v) is 8.59. The molecule has 1 amide bonds. The lowest BCUT2D eigenvalue weighted by atomic mass is 10.2. The molecule has 6 rings (SSSR count). The van der Waals surface area contributed by atoms with Crippen molar-refractivity contribution in [3.8, 4) is 17.3 Å². The van der Waals surface area contributed by atoms with E-state index in [2.05, 4.69) is 30.4 Å². The SMILES string of the molecule is Cc1c(C(=O)N2CCN(c3ncc(-c4ccc(Cl)nc4)o3)CC2)nnn1-c1nn2cccc2c(=O)[nH]1. The van der Waals surface area contributed by atoms with E-state index < -0.39 is 0 Å². The Hall–Kier alpha value is -4.52. The van der Waals surface area contributed by atoms with E-state index in [-0.39, 0.29) is 23.1 Å². The predicted molar refractivity (Wildman–Crippen MR) is 128 cm³/mol. The Kier molecular flexibility index (Phi) is 5.25. The standard InChI is InChI=1S/C22H19ClN10O3/c1-13-18(27-29-33(13)21-26-19(34)15-3-2-6-32(15)28-21)20(35)30-7-9-31(10-8-30)22-25-12-16(36-22)14-4-5-17(23)24-11-14/h2-6,11-12H,7-10H2,1H3,(H,26,28,34). The fourth-order valence-corrected chi connectivity index (χ4v) is 4.18. The molecule has 14 heteroatoms. The van der Waals surface area contributed by atoms with Gasteiger partial charge in [0, 0.05) is 44.1 Å². The summed E-state index contributed by atoms with van der Waals surface area (Å²) in [4.78, 5) is 40.3. The van der Waals surface area contributed by atoms with Gasteiger partial charge in [0.1, 0.15) is 10.7 Å². The summed E-state index contributed by atoms with van der Waals surface area (Å²) >= 11 is 5.85. The summed E-state index contributed by atoms with van der Waals surface area (Å²) in [6.45, 7) is 3.70. The molecule has 5 aromatic heterocycles. The molecule has 13 nitrogen and oxygen atoms in total. The molecule has 0 aliphatic carbocycles. The number of halogens is 1. The van der Waals surface area contributed by atoms with Crippen molar-refractivity contribution >= 4 is 29.0 Å². The minimum atomic E-state index is -0.314. The van der Waals surface area contributed by atoms with Gasteiger partial charge < -0.3 is 14.2 Å². The third kappa shape index (κ3) is 3.79. The van der Waals surface area contributed by atoms with Crippen molar-refractivity contribution < 1.29 is 9.21 Å². The van der Waals surface area contributed by atoms with E-state index in [0.29, 0.717) is 54.3 Å². The Morgan fingerprint density at radius 2 is 1.94 bits per heavy atom. The summed E-state index contributed by atoms with van der Waals surface area (Å²) in [6, 6.07) is 7.36. The van der Waals surface area contributed by atoms with Crippen molar-refractivity contribution in [3.05, 3.63) is 69.8 Å². The number of aromatic amines is 1. The highest BCUT2D eigenvalue weighted by molar-refractivity contribution is 6.29. The van der Waals surface area contributed by atoms with E-state index >= 15 is 0 Å². The number of carbonyl (C=O) groups excluding carboxylic acids is 1. The number of oxazole rings is 1. The van der Waals surface area contributed by atoms with Crippen LogP contribution in [-0.2, 0) is 0 Å². The van der Waals surface area contributed by atoms with Gasteiger partial charge in [0.2, 0.25) is 0 Å². The van der Waals surface area contributed by atoms with Crippen molar-refractivity contribution in [1.29, 1.82) is 0 Å². The number of pyridine rings is 1. The Labute approximate surface area is 207 Å². The first-order valence-corrected chi connectivity index (χ1v) is 11.5. The molecule has 0 saturated carbocycles. The van der Waals surface area contributed by atoms with Crippen molar-refractivity contribution in [2.24, 2.45) is 0 Å². The quantitative estimate of drug-likeness (QED) is 0.359. The predicted octanol–water partition coefficient (Wildman–Crippen LogP) is 1.58. The van der Waals surface area contributed by atoms with Gasteiger partial charge in [0.25, 0.3) is 23.4 Å². The van der Waals surface area contributed by atoms with Crippen LogP contribution in [0.5, 0.6) is 0 Å². The molecule has 6 heterocycles. The maximum atomic E-state index is 13.2. The second kappa shape index (κ2) is 8.61. The van der Waals surface area contributed by atoms with Crippen LogP contribution in [0.2, 0.25) is 5.15 Å². The summed E-state index contributed by atoms with van der Waals surface area (Å²) in [6.07, 6.45) is 4.93. The topological polar surface area (TPSA) is 143 Å². The van der Waals surface area contributed by atoms with Crippen LogP contribution in [0.4, 0.5) is 6.01 Å². The van der Waals surface area contributed by atoms with E-state index in [1.54, 1.807) is 48.6 Å². The Morgan fingerprint density at radius 1 is 1.11 bits per heavy atom. The lowest BCUT2D eigenvalue weighted by Crippen LogP contribution is -2.49. The Bertz CT molecular complexity index is 1630. The summed E-state index contributed by atoms with van der Waals surface area (Å²) in [7, 11) is 0. The lowest BCUT2D eigenvalue weighted by Gasteiger charge is -2.33. The number of carbonyl (C=O) groups is 1. The van der Waals surface area contributed by atoms with Gasteiger partial charge in [-0.1, -0.05) is 16.8 Å². The van der Waals surface area contributed by atoms with Crippen LogP contribution in [0.1, 0.15) is 16.2 Å². The molecule has 1 aliphatic rings. The fourth-order valence-electron chi connectivity index (χ4n) is 4.07. The molecular formula is C22H19ClN10O3. The average molecular weight is 507 g/mol. The third-order valence-electron chi connectivity index (χ3n) is 6.03. The zero-order valence-electron chi connectivity index (χ0n) is 19.0. The first kappa shape index (κ1) is 22.0. The maximum Gasteiger partial charge on any atom is 0.297 e. The molecule has 1 aliphatic heterocycles. The smallest absolute Gasteiger partial charge is 0.297 e. The number of fused-ring (bicyclic) bond motifs is 1. The van der Waals surface area contributed by atoms with Crippen molar-refractivity contribution in [2.45, 2.75) is 6.92 Å². The van der Waals surface area contributed by atoms with Crippen LogP contribution in [0.25, 0.3) is 22.8 Å². The molecule has 1 N–H and O–H groups in total. The molecule has 0 aromatic carbocycles. The van der Waals surface area contributed by atoms with E-state index in [1.165, 1.54) is 9.20 Å². The van der Waals surface area contributed by atoms with Crippen molar-refractivity contribution in [3.63, 3.8) is 0 Å². The molecule has 0 radical (unpaired) electrons. The Balaban J connectivity index is 1.15. The second-order valence-electron chi connectivity index (χ2n) is 8.21. The zero-order valence-corrected chi connectivity index (χ0v) is 19.8. The van der Waals surface area contributed by atoms with Gasteiger partial charge in [-0.05, 0) is 31.2 Å². The number of piperazine rings is 1. The molecule has 0 spiro atoms. The molecule has 36 heavy (non-hydrogen) atoms. The Morgan fingerprint density at radius 3 is 2.72 bits per heavy atom. The molecule has 1 saturated heterocycles. The minimum Gasteiger partial charge on any atom is -0.423 e. The molecule has 0 unspecified atom stereocenters. The highest BCUT2D eigenvalue weighted by Gasteiger charge is 2.28. The third-order valence-corrected chi connectivity index (χ3v) is 6.25. The van der Waals surface area contributed by atoms with Gasteiger partial charge in [0.05, 0.1) is 11.9 Å². The van der Waals surface area contributed by atoms with Crippen LogP contribution in [0.15, 0.2) is 52.1 Å². The highest BCUT2D eigenvalue weighted by atomic mass is 35.5. The molecule has 5 aromatic rings. The summed E-state index contributed by atoms with van der Waals surface area (Å²) in [5.41, 5.74) is 1.55. The number of H-pyrrole nitrogens is 1. The fraction of sp³-hybridized carbons (Fsp3) is 0.227. The van der Waals surface area contributed by atoms with Gasteiger partial charge in [-0.2, -0.15) is 4.68 Å². The number of amides is 1. The molecule has 182 valence electrons. The normalized spacial score (nSPS) is 14.1. The van der Waals surface area contributed by atoms with Gasteiger partial charge in [0.15, 0.2) is 11.5 Å². The van der Waals surface area contributed by atoms with Crippen molar-refractivity contribution in [2.75, 3.05) is 31.1 Å². The van der Waals surface area contributed by atoms with Crippen molar-refractivity contribution in [1.82, 2.24) is 44.5 Å². The van der Waals surface area contributed by atoms with Crippen LogP contribution in [0, 0.1) is 6.92 Å². The van der Waals surface area contributed by atoms with E-state index in [1.807, 2.05) is 11.0 Å². The zero-order chi connectivity index (χ0) is 24.8. The highest BCUT2D eigenvalue weighted by Crippen LogP contribution is 2.25. The van der Waals surface area contributed by atoms with E-state index in [4.69, 9.17) is 16.0 Å².